The topological polar surface area (TPSA) is 63.6 Å². The molecule has 1 aromatic rings. The van der Waals surface area contributed by atoms with Gasteiger partial charge in [-0.25, -0.2) is 0 Å². The minimum atomic E-state index is -0.833. The lowest BCUT2D eigenvalue weighted by Crippen LogP contribution is -1.98. The molecule has 1 aromatic carbocycles. The van der Waals surface area contributed by atoms with Crippen molar-refractivity contribution in [1.82, 2.24) is 0 Å². The van der Waals surface area contributed by atoms with E-state index in [1.807, 2.05) is 6.07 Å². The molecule has 0 aromatic heterocycles. The first-order valence-corrected chi connectivity index (χ1v) is 3.60. The van der Waals surface area contributed by atoms with Crippen molar-refractivity contribution >= 4 is 12.3 Å². The average Bonchev–Trinajstić information content (AvgIpc) is 2.02. The molecule has 0 aliphatic carbocycles. The van der Waals surface area contributed by atoms with E-state index in [0.29, 0.717) is 11.3 Å². The van der Waals surface area contributed by atoms with Gasteiger partial charge < -0.3 is 9.84 Å². The van der Waals surface area contributed by atoms with Crippen LogP contribution in [0.25, 0.3) is 0 Å². The molecule has 0 amide bonds. The Bertz CT molecular complexity index is 336. The maximum absolute atomic E-state index is 10.2. The summed E-state index contributed by atoms with van der Waals surface area (Å²) in [4.78, 5) is 19.2. The lowest BCUT2D eigenvalue weighted by atomic mass is 10.1. The van der Waals surface area contributed by atoms with Crippen LogP contribution in [0.2, 0.25) is 0 Å². The summed E-state index contributed by atoms with van der Waals surface area (Å²) in [5.41, 5.74) is 0.630. The number of aldehydes is 1. The summed E-state index contributed by atoms with van der Waals surface area (Å²) in [6, 6.07) is 5.36. The van der Waals surface area contributed by atoms with Crippen molar-refractivity contribution in [3.05, 3.63) is 23.8 Å². The van der Waals surface area contributed by atoms with Crippen LogP contribution in [-0.4, -0.2) is 17.4 Å². The molecule has 2 heterocycles. The van der Waals surface area contributed by atoms with Crippen molar-refractivity contribution in [3.8, 4) is 11.5 Å². The number of ether oxygens (including phenoxy) is 1. The Kier molecular flexibility index (Phi) is 2.64. The SMILES string of the molecule is CC(=O)O.O=Cc1ccc2cc1O2. The van der Waals surface area contributed by atoms with Gasteiger partial charge in [-0.3, -0.25) is 9.59 Å². The van der Waals surface area contributed by atoms with Crippen molar-refractivity contribution in [2.45, 2.75) is 6.92 Å². The van der Waals surface area contributed by atoms with Crippen LogP contribution in [0.4, 0.5) is 0 Å². The van der Waals surface area contributed by atoms with Crippen LogP contribution in [0.5, 0.6) is 11.5 Å². The predicted octanol–water partition coefficient (Wildman–Crippen LogP) is 1.70. The molecule has 1 N–H and O–H groups in total. The number of rotatable bonds is 1. The molecule has 0 spiro atoms. The normalized spacial score (nSPS) is 9.92. The van der Waals surface area contributed by atoms with Crippen molar-refractivity contribution in [2.75, 3.05) is 0 Å². The van der Waals surface area contributed by atoms with E-state index in [-0.39, 0.29) is 0 Å². The molecule has 0 saturated carbocycles. The number of fused-ring (bicyclic) bond motifs is 2. The summed E-state index contributed by atoms with van der Waals surface area (Å²) in [6.45, 7) is 1.08. The molecule has 3 rings (SSSR count). The Hall–Kier alpha value is -1.84. The highest BCUT2D eigenvalue weighted by molar-refractivity contribution is 5.81. The highest BCUT2D eigenvalue weighted by atomic mass is 16.5. The Morgan fingerprint density at radius 3 is 2.31 bits per heavy atom. The zero-order valence-electron chi connectivity index (χ0n) is 6.98. The molecular formula is C9H8O4. The van der Waals surface area contributed by atoms with Gasteiger partial charge in [-0.15, -0.1) is 0 Å². The van der Waals surface area contributed by atoms with E-state index in [9.17, 15) is 4.79 Å². The Morgan fingerprint density at radius 1 is 1.54 bits per heavy atom. The van der Waals surface area contributed by atoms with E-state index in [1.54, 1.807) is 12.1 Å². The quantitative estimate of drug-likeness (QED) is 0.678. The molecule has 0 fully saturated rings. The zero-order valence-corrected chi connectivity index (χ0v) is 6.98. The van der Waals surface area contributed by atoms with E-state index >= 15 is 0 Å². The molecular weight excluding hydrogens is 172 g/mol. The number of carboxylic acid groups (broad SMARTS) is 1. The summed E-state index contributed by atoms with van der Waals surface area (Å²) in [7, 11) is 0. The van der Waals surface area contributed by atoms with Crippen LogP contribution in [-0.2, 0) is 4.79 Å². The van der Waals surface area contributed by atoms with Crippen LogP contribution < -0.4 is 4.74 Å². The second-order valence-corrected chi connectivity index (χ2v) is 2.44. The Labute approximate surface area is 74.8 Å². The molecule has 2 aliphatic heterocycles. The molecule has 68 valence electrons. The monoisotopic (exact) mass is 180 g/mol. The number of carbonyl (C=O) groups is 2. The van der Waals surface area contributed by atoms with Crippen molar-refractivity contribution in [2.24, 2.45) is 0 Å². The smallest absolute Gasteiger partial charge is 0.300 e. The van der Waals surface area contributed by atoms with E-state index < -0.39 is 5.97 Å². The fourth-order valence-corrected chi connectivity index (χ4v) is 0.833. The molecule has 2 bridgehead atoms. The first-order chi connectivity index (χ1) is 6.13. The molecule has 0 atom stereocenters. The molecule has 0 saturated heterocycles. The van der Waals surface area contributed by atoms with Crippen LogP contribution in [0, 0.1) is 0 Å². The van der Waals surface area contributed by atoms with Crippen molar-refractivity contribution in [1.29, 1.82) is 0 Å². The fourth-order valence-electron chi connectivity index (χ4n) is 0.833. The number of benzene rings is 1. The van der Waals surface area contributed by atoms with Gasteiger partial charge in [0.05, 0.1) is 5.56 Å². The molecule has 4 heteroatoms. The van der Waals surface area contributed by atoms with Crippen LogP contribution in [0.3, 0.4) is 0 Å². The van der Waals surface area contributed by atoms with Crippen LogP contribution in [0.1, 0.15) is 17.3 Å². The third-order valence-electron chi connectivity index (χ3n) is 1.34. The molecule has 0 unspecified atom stereocenters. The second-order valence-electron chi connectivity index (χ2n) is 2.44. The van der Waals surface area contributed by atoms with Gasteiger partial charge in [0.1, 0.15) is 11.5 Å². The lowest BCUT2D eigenvalue weighted by Gasteiger charge is -2.16. The van der Waals surface area contributed by atoms with E-state index in [2.05, 4.69) is 0 Å². The Morgan fingerprint density at radius 2 is 2.08 bits per heavy atom. The first-order valence-electron chi connectivity index (χ1n) is 3.60. The van der Waals surface area contributed by atoms with Gasteiger partial charge in [0.25, 0.3) is 5.97 Å². The Balaban J connectivity index is 0.000000184. The maximum atomic E-state index is 10.2. The summed E-state index contributed by atoms with van der Waals surface area (Å²) in [5, 5.41) is 7.42. The van der Waals surface area contributed by atoms with Gasteiger partial charge in [0.2, 0.25) is 0 Å². The molecule has 0 radical (unpaired) electrons. The number of carbonyl (C=O) groups excluding carboxylic acids is 1. The first kappa shape index (κ1) is 9.25. The van der Waals surface area contributed by atoms with Crippen molar-refractivity contribution in [3.63, 3.8) is 0 Å². The lowest BCUT2D eigenvalue weighted by molar-refractivity contribution is -0.134. The highest BCUT2D eigenvalue weighted by Crippen LogP contribution is 2.36. The number of hydrogen-bond donors (Lipinski definition) is 1. The zero-order chi connectivity index (χ0) is 9.84. The third kappa shape index (κ3) is 2.30. The van der Waals surface area contributed by atoms with Gasteiger partial charge in [0, 0.05) is 13.0 Å². The second kappa shape index (κ2) is 3.71. The van der Waals surface area contributed by atoms with Crippen LogP contribution in [0.15, 0.2) is 18.2 Å². The van der Waals surface area contributed by atoms with Gasteiger partial charge in [0.15, 0.2) is 6.29 Å². The van der Waals surface area contributed by atoms with Crippen molar-refractivity contribution < 1.29 is 19.4 Å². The van der Waals surface area contributed by atoms with E-state index in [0.717, 1.165) is 19.0 Å². The molecule has 2 aliphatic rings. The van der Waals surface area contributed by atoms with E-state index in [1.165, 1.54) is 0 Å². The largest absolute Gasteiger partial charge is 0.481 e. The van der Waals surface area contributed by atoms with Gasteiger partial charge in [-0.05, 0) is 12.1 Å². The minimum Gasteiger partial charge on any atom is -0.481 e. The van der Waals surface area contributed by atoms with Gasteiger partial charge in [-0.2, -0.15) is 0 Å². The summed E-state index contributed by atoms with van der Waals surface area (Å²) in [6.07, 6.45) is 0.790. The predicted molar refractivity (Wildman–Crippen MR) is 45.2 cm³/mol. The van der Waals surface area contributed by atoms with E-state index in [4.69, 9.17) is 14.6 Å². The summed E-state index contributed by atoms with van der Waals surface area (Å²) in [5.74, 6) is 0.707. The number of aliphatic carboxylic acids is 1. The fraction of sp³-hybridized carbons (Fsp3) is 0.111. The average molecular weight is 180 g/mol. The van der Waals surface area contributed by atoms with Gasteiger partial charge >= 0.3 is 0 Å². The molecule has 13 heavy (non-hydrogen) atoms. The highest BCUT2D eigenvalue weighted by Gasteiger charge is 2.13. The third-order valence-corrected chi connectivity index (χ3v) is 1.34. The number of hydrogen-bond acceptors (Lipinski definition) is 3. The summed E-state index contributed by atoms with van der Waals surface area (Å²) < 4.78 is 5.00. The van der Waals surface area contributed by atoms with Crippen LogP contribution >= 0.6 is 0 Å². The maximum Gasteiger partial charge on any atom is 0.300 e. The standard InChI is InChI=1S/C7H4O2.C2H4O2/c8-4-5-1-2-6-3-7(5)9-6;1-2(3)4/h1-4H;1H3,(H,3,4). The summed E-state index contributed by atoms with van der Waals surface area (Å²) >= 11 is 0. The number of carboxylic acids is 1. The molecule has 4 nitrogen and oxygen atoms in total. The minimum absolute atomic E-state index is 0.630. The van der Waals surface area contributed by atoms with Gasteiger partial charge in [-0.1, -0.05) is 0 Å².